The van der Waals surface area contributed by atoms with E-state index < -0.39 is 0 Å². The minimum atomic E-state index is -0.146. The van der Waals surface area contributed by atoms with Gasteiger partial charge in [0.2, 0.25) is 5.91 Å². The molecular weight excluding hydrogens is 314 g/mol. The van der Waals surface area contributed by atoms with Gasteiger partial charge in [-0.15, -0.1) is 0 Å². The highest BCUT2D eigenvalue weighted by Crippen LogP contribution is 2.35. The van der Waals surface area contributed by atoms with E-state index in [1.807, 2.05) is 36.1 Å². The molecule has 0 saturated carbocycles. The normalized spacial score (nSPS) is 26.0. The van der Waals surface area contributed by atoms with Gasteiger partial charge in [0.05, 0.1) is 24.3 Å². The maximum atomic E-state index is 13.0. The Morgan fingerprint density at radius 3 is 2.92 bits per heavy atom. The zero-order chi connectivity index (χ0) is 17.2. The van der Waals surface area contributed by atoms with Crippen LogP contribution in [0.25, 0.3) is 0 Å². The fraction of sp³-hybridized carbons (Fsp3) is 0.500. The van der Waals surface area contributed by atoms with E-state index in [2.05, 4.69) is 22.5 Å². The van der Waals surface area contributed by atoms with Crippen LogP contribution in [-0.4, -0.2) is 22.3 Å². The Hall–Kier alpha value is -2.14. The number of aromatic nitrogens is 2. The van der Waals surface area contributed by atoms with Crippen LogP contribution in [0.15, 0.2) is 36.5 Å². The number of hydrogen-bond donors (Lipinski definition) is 1. The first kappa shape index (κ1) is 16.3. The summed E-state index contributed by atoms with van der Waals surface area (Å²) < 4.78 is 7.92. The van der Waals surface area contributed by atoms with E-state index in [0.717, 1.165) is 44.3 Å². The molecule has 1 N–H and O–H groups in total. The predicted octanol–water partition coefficient (Wildman–Crippen LogP) is 3.08. The van der Waals surface area contributed by atoms with E-state index in [-0.39, 0.29) is 24.0 Å². The van der Waals surface area contributed by atoms with Crippen LogP contribution in [0.4, 0.5) is 0 Å². The minimum absolute atomic E-state index is 0.0725. The maximum Gasteiger partial charge on any atom is 0.226 e. The number of aryl methyl sites for hydroxylation is 1. The number of carbonyl (C=O) groups is 1. The minimum Gasteiger partial charge on any atom is -0.373 e. The number of hydrogen-bond acceptors (Lipinski definition) is 3. The molecule has 1 fully saturated rings. The van der Waals surface area contributed by atoms with Crippen molar-refractivity contribution < 1.29 is 9.53 Å². The molecular formula is C20H25N3O2. The van der Waals surface area contributed by atoms with Crippen molar-refractivity contribution in [3.63, 3.8) is 0 Å². The molecule has 1 aliphatic heterocycles. The third-order valence-corrected chi connectivity index (χ3v) is 5.48. The Kier molecular flexibility index (Phi) is 4.57. The lowest BCUT2D eigenvalue weighted by Gasteiger charge is -2.33. The van der Waals surface area contributed by atoms with Gasteiger partial charge in [0.15, 0.2) is 0 Å². The van der Waals surface area contributed by atoms with Crippen LogP contribution in [0.5, 0.6) is 0 Å². The van der Waals surface area contributed by atoms with Crippen LogP contribution in [-0.2, 0) is 23.0 Å². The maximum absolute atomic E-state index is 13.0. The number of rotatable bonds is 3. The number of benzene rings is 1. The summed E-state index contributed by atoms with van der Waals surface area (Å²) in [5.41, 5.74) is 3.51. The smallest absolute Gasteiger partial charge is 0.226 e. The van der Waals surface area contributed by atoms with Gasteiger partial charge in [-0.05, 0) is 37.7 Å². The lowest BCUT2D eigenvalue weighted by molar-refractivity contribution is -0.135. The molecule has 1 amide bonds. The second-order valence-corrected chi connectivity index (χ2v) is 7.07. The number of nitrogens with one attached hydrogen (secondary N) is 1. The Labute approximate surface area is 148 Å². The van der Waals surface area contributed by atoms with Gasteiger partial charge in [0.25, 0.3) is 0 Å². The highest BCUT2D eigenvalue weighted by molar-refractivity contribution is 5.80. The van der Waals surface area contributed by atoms with E-state index >= 15 is 0 Å². The van der Waals surface area contributed by atoms with Crippen LogP contribution in [0.1, 0.15) is 54.6 Å². The SMILES string of the molecule is Cn1ncc2c1CCCC2NC(=O)C1CCCOC1c1ccccc1. The Balaban J connectivity index is 1.52. The van der Waals surface area contributed by atoms with Crippen LogP contribution in [0.2, 0.25) is 0 Å². The van der Waals surface area contributed by atoms with Crippen molar-refractivity contribution in [1.82, 2.24) is 15.1 Å². The first-order valence-electron chi connectivity index (χ1n) is 9.21. The number of ether oxygens (including phenoxy) is 1. The highest BCUT2D eigenvalue weighted by atomic mass is 16.5. The van der Waals surface area contributed by atoms with Crippen molar-refractivity contribution in [3.05, 3.63) is 53.3 Å². The first-order valence-corrected chi connectivity index (χ1v) is 9.21. The standard InChI is InChI=1S/C20H25N3O2/c1-23-18-11-5-10-17(16(18)13-21-23)22-20(24)15-9-6-12-25-19(15)14-7-3-2-4-8-14/h2-4,7-8,13,15,17,19H,5-6,9-12H2,1H3,(H,22,24). The molecule has 4 rings (SSSR count). The molecule has 0 bridgehead atoms. The van der Waals surface area contributed by atoms with Crippen molar-refractivity contribution in [2.24, 2.45) is 13.0 Å². The van der Waals surface area contributed by atoms with Crippen molar-refractivity contribution in [3.8, 4) is 0 Å². The number of amides is 1. The number of carbonyl (C=O) groups excluding carboxylic acids is 1. The summed E-state index contributed by atoms with van der Waals surface area (Å²) in [7, 11) is 1.98. The van der Waals surface area contributed by atoms with E-state index in [0.29, 0.717) is 0 Å². The summed E-state index contributed by atoms with van der Waals surface area (Å²) in [5, 5.41) is 7.66. The molecule has 1 aromatic heterocycles. The van der Waals surface area contributed by atoms with Crippen LogP contribution >= 0.6 is 0 Å². The highest BCUT2D eigenvalue weighted by Gasteiger charge is 2.35. The first-order chi connectivity index (χ1) is 12.2. The predicted molar refractivity (Wildman–Crippen MR) is 94.9 cm³/mol. The lowest BCUT2D eigenvalue weighted by atomic mass is 9.87. The summed E-state index contributed by atoms with van der Waals surface area (Å²) in [5.74, 6) is -0.0199. The molecule has 0 radical (unpaired) electrons. The Morgan fingerprint density at radius 1 is 1.24 bits per heavy atom. The summed E-state index contributed by atoms with van der Waals surface area (Å²) in [6.45, 7) is 0.722. The molecule has 2 heterocycles. The van der Waals surface area contributed by atoms with Gasteiger partial charge < -0.3 is 10.1 Å². The van der Waals surface area contributed by atoms with Crippen molar-refractivity contribution in [2.45, 2.75) is 44.2 Å². The number of nitrogens with zero attached hydrogens (tertiary/aromatic N) is 2. The van der Waals surface area contributed by atoms with Gasteiger partial charge in [-0.3, -0.25) is 9.48 Å². The molecule has 1 saturated heterocycles. The van der Waals surface area contributed by atoms with Crippen molar-refractivity contribution in [2.75, 3.05) is 6.61 Å². The Bertz CT molecular complexity index is 741. The van der Waals surface area contributed by atoms with E-state index in [1.165, 1.54) is 11.3 Å². The second-order valence-electron chi connectivity index (χ2n) is 7.07. The zero-order valence-corrected chi connectivity index (χ0v) is 14.6. The fourth-order valence-electron chi connectivity index (χ4n) is 4.16. The Morgan fingerprint density at radius 2 is 2.08 bits per heavy atom. The molecule has 3 atom stereocenters. The van der Waals surface area contributed by atoms with Gasteiger partial charge in [-0.25, -0.2) is 0 Å². The van der Waals surface area contributed by atoms with Crippen molar-refractivity contribution >= 4 is 5.91 Å². The summed E-state index contributed by atoms with van der Waals surface area (Å²) >= 11 is 0. The van der Waals surface area contributed by atoms with E-state index in [1.54, 1.807) is 0 Å². The van der Waals surface area contributed by atoms with Gasteiger partial charge in [-0.2, -0.15) is 5.10 Å². The largest absolute Gasteiger partial charge is 0.373 e. The molecule has 132 valence electrons. The second kappa shape index (κ2) is 7.00. The third-order valence-electron chi connectivity index (χ3n) is 5.48. The quantitative estimate of drug-likeness (QED) is 0.935. The molecule has 3 unspecified atom stereocenters. The molecule has 25 heavy (non-hydrogen) atoms. The summed E-state index contributed by atoms with van der Waals surface area (Å²) in [6, 6.07) is 10.2. The van der Waals surface area contributed by atoms with Crippen molar-refractivity contribution in [1.29, 1.82) is 0 Å². The van der Waals surface area contributed by atoms with Gasteiger partial charge in [-0.1, -0.05) is 30.3 Å². The van der Waals surface area contributed by atoms with Crippen LogP contribution in [0.3, 0.4) is 0 Å². The molecule has 0 spiro atoms. The zero-order valence-electron chi connectivity index (χ0n) is 14.6. The molecule has 2 aliphatic rings. The number of fused-ring (bicyclic) bond motifs is 1. The molecule has 5 nitrogen and oxygen atoms in total. The summed E-state index contributed by atoms with van der Waals surface area (Å²) in [6.07, 6.45) is 6.67. The van der Waals surface area contributed by atoms with Crippen LogP contribution in [0, 0.1) is 5.92 Å². The monoisotopic (exact) mass is 339 g/mol. The van der Waals surface area contributed by atoms with E-state index in [4.69, 9.17) is 4.74 Å². The van der Waals surface area contributed by atoms with E-state index in [9.17, 15) is 4.79 Å². The molecule has 1 aliphatic carbocycles. The van der Waals surface area contributed by atoms with Crippen LogP contribution < -0.4 is 5.32 Å². The average molecular weight is 339 g/mol. The van der Waals surface area contributed by atoms with Gasteiger partial charge >= 0.3 is 0 Å². The molecule has 1 aromatic carbocycles. The van der Waals surface area contributed by atoms with Gasteiger partial charge in [0.1, 0.15) is 0 Å². The van der Waals surface area contributed by atoms with Gasteiger partial charge in [0, 0.05) is 24.9 Å². The topological polar surface area (TPSA) is 56.2 Å². The lowest BCUT2D eigenvalue weighted by Crippen LogP contribution is -2.40. The molecule has 2 aromatic rings. The molecule has 5 heteroatoms. The summed E-state index contributed by atoms with van der Waals surface area (Å²) in [4.78, 5) is 13.0. The average Bonchev–Trinajstić information content (AvgIpc) is 3.05. The fourth-order valence-corrected chi connectivity index (χ4v) is 4.16. The third kappa shape index (κ3) is 3.21.